The van der Waals surface area contributed by atoms with Crippen molar-refractivity contribution < 1.29 is 0 Å². The summed E-state index contributed by atoms with van der Waals surface area (Å²) in [7, 11) is 0. The van der Waals surface area contributed by atoms with Crippen molar-refractivity contribution in [1.82, 2.24) is 15.2 Å². The fourth-order valence-electron chi connectivity index (χ4n) is 2.68. The Kier molecular flexibility index (Phi) is 2.88. The number of hydrogen-bond donors (Lipinski definition) is 2. The molecule has 0 amide bonds. The molecule has 0 atom stereocenters. The van der Waals surface area contributed by atoms with Gasteiger partial charge in [-0.25, -0.2) is 4.98 Å². The van der Waals surface area contributed by atoms with Gasteiger partial charge in [0.25, 0.3) is 0 Å². The zero-order chi connectivity index (χ0) is 12.4. The standard InChI is InChI=1S/C14H18N4/c15-14(8-4-5-9-14)10-12-16-13(18-17-12)11-6-2-1-3-7-11/h1-3,6-7H,4-5,8-10,15H2,(H,16,17,18). The van der Waals surface area contributed by atoms with E-state index in [0.29, 0.717) is 0 Å². The van der Waals surface area contributed by atoms with Gasteiger partial charge in [0.05, 0.1) is 0 Å². The van der Waals surface area contributed by atoms with Gasteiger partial charge in [0.15, 0.2) is 5.82 Å². The smallest absolute Gasteiger partial charge is 0.181 e. The minimum atomic E-state index is -0.0759. The molecular formula is C14H18N4. The van der Waals surface area contributed by atoms with Crippen molar-refractivity contribution >= 4 is 0 Å². The second-order valence-electron chi connectivity index (χ2n) is 5.22. The molecule has 1 aromatic carbocycles. The first kappa shape index (κ1) is 11.4. The predicted octanol–water partition coefficient (Wildman–Crippen LogP) is 2.29. The van der Waals surface area contributed by atoms with Crippen LogP contribution in [0.4, 0.5) is 0 Å². The molecule has 0 aliphatic heterocycles. The lowest BCUT2D eigenvalue weighted by Gasteiger charge is -2.21. The lowest BCUT2D eigenvalue weighted by Crippen LogP contribution is -2.39. The maximum atomic E-state index is 6.35. The molecule has 1 aromatic heterocycles. The van der Waals surface area contributed by atoms with E-state index >= 15 is 0 Å². The summed E-state index contributed by atoms with van der Waals surface area (Å²) in [6.45, 7) is 0. The van der Waals surface area contributed by atoms with E-state index in [4.69, 9.17) is 5.73 Å². The van der Waals surface area contributed by atoms with Crippen LogP contribution in [0, 0.1) is 0 Å². The van der Waals surface area contributed by atoms with Crippen LogP contribution in [0.25, 0.3) is 11.4 Å². The van der Waals surface area contributed by atoms with Crippen LogP contribution in [0.5, 0.6) is 0 Å². The Labute approximate surface area is 107 Å². The van der Waals surface area contributed by atoms with Gasteiger partial charge in [-0.3, -0.25) is 5.10 Å². The highest BCUT2D eigenvalue weighted by Crippen LogP contribution is 2.29. The fourth-order valence-corrected chi connectivity index (χ4v) is 2.68. The lowest BCUT2D eigenvalue weighted by molar-refractivity contribution is 0.427. The van der Waals surface area contributed by atoms with Crippen LogP contribution in [0.15, 0.2) is 30.3 Å². The van der Waals surface area contributed by atoms with Crippen molar-refractivity contribution in [2.75, 3.05) is 0 Å². The Morgan fingerprint density at radius 3 is 2.61 bits per heavy atom. The second kappa shape index (κ2) is 4.53. The van der Waals surface area contributed by atoms with E-state index in [0.717, 1.165) is 36.5 Å². The summed E-state index contributed by atoms with van der Waals surface area (Å²) in [6.07, 6.45) is 5.45. The molecule has 4 heteroatoms. The predicted molar refractivity (Wildman–Crippen MR) is 70.9 cm³/mol. The Morgan fingerprint density at radius 2 is 1.89 bits per heavy atom. The summed E-state index contributed by atoms with van der Waals surface area (Å²) < 4.78 is 0. The molecule has 1 aliphatic carbocycles. The molecule has 3 rings (SSSR count). The topological polar surface area (TPSA) is 67.6 Å². The van der Waals surface area contributed by atoms with E-state index in [1.165, 1.54) is 12.8 Å². The van der Waals surface area contributed by atoms with E-state index in [-0.39, 0.29) is 5.54 Å². The Bertz CT molecular complexity index is 512. The summed E-state index contributed by atoms with van der Waals surface area (Å²) in [5.41, 5.74) is 7.31. The minimum Gasteiger partial charge on any atom is -0.325 e. The molecule has 0 unspecified atom stereocenters. The van der Waals surface area contributed by atoms with Gasteiger partial charge >= 0.3 is 0 Å². The summed E-state index contributed by atoms with van der Waals surface area (Å²) in [5.74, 6) is 1.66. The monoisotopic (exact) mass is 242 g/mol. The molecule has 1 saturated carbocycles. The molecule has 2 aromatic rings. The number of aromatic amines is 1. The summed E-state index contributed by atoms with van der Waals surface area (Å²) in [5, 5.41) is 7.28. The van der Waals surface area contributed by atoms with E-state index in [2.05, 4.69) is 15.2 Å². The zero-order valence-electron chi connectivity index (χ0n) is 10.4. The third kappa shape index (κ3) is 2.29. The van der Waals surface area contributed by atoms with Crippen molar-refractivity contribution in [2.45, 2.75) is 37.6 Å². The number of benzene rings is 1. The second-order valence-corrected chi connectivity index (χ2v) is 5.22. The molecule has 1 heterocycles. The number of H-pyrrole nitrogens is 1. The van der Waals surface area contributed by atoms with Gasteiger partial charge in [-0.2, -0.15) is 5.10 Å². The number of hydrogen-bond acceptors (Lipinski definition) is 3. The Morgan fingerprint density at radius 1 is 1.17 bits per heavy atom. The van der Waals surface area contributed by atoms with Crippen LogP contribution in [0.2, 0.25) is 0 Å². The molecule has 4 nitrogen and oxygen atoms in total. The van der Waals surface area contributed by atoms with Gasteiger partial charge in [-0.05, 0) is 12.8 Å². The van der Waals surface area contributed by atoms with Crippen molar-refractivity contribution in [3.8, 4) is 11.4 Å². The van der Waals surface area contributed by atoms with Crippen LogP contribution in [0.3, 0.4) is 0 Å². The average molecular weight is 242 g/mol. The molecule has 1 fully saturated rings. The van der Waals surface area contributed by atoms with Gasteiger partial charge in [0.2, 0.25) is 0 Å². The van der Waals surface area contributed by atoms with Gasteiger partial charge < -0.3 is 5.73 Å². The van der Waals surface area contributed by atoms with Gasteiger partial charge in [-0.15, -0.1) is 0 Å². The number of nitrogens with two attached hydrogens (primary N) is 1. The molecule has 18 heavy (non-hydrogen) atoms. The van der Waals surface area contributed by atoms with Crippen LogP contribution in [-0.4, -0.2) is 20.7 Å². The first-order valence-electron chi connectivity index (χ1n) is 6.51. The maximum Gasteiger partial charge on any atom is 0.181 e. The SMILES string of the molecule is NC1(Cc2nc(-c3ccccc3)n[nH]2)CCCC1. The van der Waals surface area contributed by atoms with Crippen molar-refractivity contribution in [2.24, 2.45) is 5.73 Å². The van der Waals surface area contributed by atoms with E-state index in [1.54, 1.807) is 0 Å². The van der Waals surface area contributed by atoms with Crippen LogP contribution in [0.1, 0.15) is 31.5 Å². The highest BCUT2D eigenvalue weighted by molar-refractivity contribution is 5.53. The summed E-state index contributed by atoms with van der Waals surface area (Å²) >= 11 is 0. The Balaban J connectivity index is 1.78. The minimum absolute atomic E-state index is 0.0759. The maximum absolute atomic E-state index is 6.35. The van der Waals surface area contributed by atoms with Crippen molar-refractivity contribution in [3.63, 3.8) is 0 Å². The highest BCUT2D eigenvalue weighted by atomic mass is 15.2. The quantitative estimate of drug-likeness (QED) is 0.867. The average Bonchev–Trinajstić information content (AvgIpc) is 3.00. The van der Waals surface area contributed by atoms with Gasteiger partial charge in [-0.1, -0.05) is 43.2 Å². The molecule has 0 radical (unpaired) electrons. The molecule has 1 aliphatic rings. The third-order valence-electron chi connectivity index (χ3n) is 3.68. The van der Waals surface area contributed by atoms with E-state index in [1.807, 2.05) is 30.3 Å². The molecule has 94 valence electrons. The van der Waals surface area contributed by atoms with Crippen LogP contribution >= 0.6 is 0 Å². The summed E-state index contributed by atoms with van der Waals surface area (Å²) in [4.78, 5) is 4.54. The molecule has 0 bridgehead atoms. The van der Waals surface area contributed by atoms with E-state index < -0.39 is 0 Å². The number of nitrogens with one attached hydrogen (secondary N) is 1. The summed E-state index contributed by atoms with van der Waals surface area (Å²) in [6, 6.07) is 10.0. The fraction of sp³-hybridized carbons (Fsp3) is 0.429. The lowest BCUT2D eigenvalue weighted by atomic mass is 9.94. The molecule has 0 saturated heterocycles. The van der Waals surface area contributed by atoms with E-state index in [9.17, 15) is 0 Å². The largest absolute Gasteiger partial charge is 0.325 e. The Hall–Kier alpha value is -1.68. The van der Waals surface area contributed by atoms with Crippen LogP contribution in [-0.2, 0) is 6.42 Å². The molecular weight excluding hydrogens is 224 g/mol. The third-order valence-corrected chi connectivity index (χ3v) is 3.68. The van der Waals surface area contributed by atoms with Crippen molar-refractivity contribution in [1.29, 1.82) is 0 Å². The first-order chi connectivity index (χ1) is 8.75. The molecule has 0 spiro atoms. The first-order valence-corrected chi connectivity index (χ1v) is 6.51. The number of aromatic nitrogens is 3. The van der Waals surface area contributed by atoms with Crippen LogP contribution < -0.4 is 5.73 Å². The van der Waals surface area contributed by atoms with Crippen molar-refractivity contribution in [3.05, 3.63) is 36.2 Å². The number of rotatable bonds is 3. The molecule has 3 N–H and O–H groups in total. The number of nitrogens with zero attached hydrogens (tertiary/aromatic N) is 2. The zero-order valence-corrected chi connectivity index (χ0v) is 10.4. The van der Waals surface area contributed by atoms with Gasteiger partial charge in [0.1, 0.15) is 5.82 Å². The van der Waals surface area contributed by atoms with Gasteiger partial charge in [0, 0.05) is 17.5 Å². The highest BCUT2D eigenvalue weighted by Gasteiger charge is 2.30. The normalized spacial score (nSPS) is 18.1.